The van der Waals surface area contributed by atoms with Gasteiger partial charge in [-0.15, -0.1) is 0 Å². The Labute approximate surface area is 67.6 Å². The van der Waals surface area contributed by atoms with Crippen molar-refractivity contribution in [3.63, 3.8) is 0 Å². The van der Waals surface area contributed by atoms with Crippen molar-refractivity contribution in [2.75, 3.05) is 18.8 Å². The Balaban J connectivity index is 2.31. The molecule has 1 saturated heterocycles. The highest BCUT2D eigenvalue weighted by Crippen LogP contribution is 2.16. The first-order chi connectivity index (χ1) is 4.74. The molecular formula is C7H15NOS. The second-order valence-electron chi connectivity index (χ2n) is 2.96. The van der Waals surface area contributed by atoms with E-state index in [4.69, 9.17) is 0 Å². The van der Waals surface area contributed by atoms with Crippen molar-refractivity contribution in [2.45, 2.75) is 25.5 Å². The Morgan fingerprint density at radius 1 is 1.70 bits per heavy atom. The van der Waals surface area contributed by atoms with Gasteiger partial charge in [0.1, 0.15) is 0 Å². The molecule has 2 nitrogen and oxygen atoms in total. The van der Waals surface area contributed by atoms with E-state index in [2.05, 4.69) is 24.5 Å². The molecule has 10 heavy (non-hydrogen) atoms. The van der Waals surface area contributed by atoms with E-state index >= 15 is 0 Å². The third kappa shape index (κ3) is 1.87. The summed E-state index contributed by atoms with van der Waals surface area (Å²) in [6, 6.07) is 0.544. The van der Waals surface area contributed by atoms with Crippen LogP contribution in [0.1, 0.15) is 13.3 Å². The zero-order valence-electron chi connectivity index (χ0n) is 6.32. The van der Waals surface area contributed by atoms with Gasteiger partial charge in [0.25, 0.3) is 0 Å². The Hall–Kier alpha value is 0.270. The van der Waals surface area contributed by atoms with Crippen LogP contribution < -0.4 is 0 Å². The second kappa shape index (κ2) is 3.60. The van der Waals surface area contributed by atoms with Crippen molar-refractivity contribution in [3.05, 3.63) is 0 Å². The van der Waals surface area contributed by atoms with Crippen LogP contribution in [0.3, 0.4) is 0 Å². The van der Waals surface area contributed by atoms with Crippen molar-refractivity contribution in [3.8, 4) is 0 Å². The molecule has 0 amide bonds. The summed E-state index contributed by atoms with van der Waals surface area (Å²) >= 11 is 4.14. The summed E-state index contributed by atoms with van der Waals surface area (Å²) in [5.74, 6) is 0.886. The summed E-state index contributed by atoms with van der Waals surface area (Å²) in [5, 5.41) is 9.23. The lowest BCUT2D eigenvalue weighted by Crippen LogP contribution is -2.29. The van der Waals surface area contributed by atoms with E-state index in [0.29, 0.717) is 6.04 Å². The normalized spacial score (nSPS) is 35.1. The van der Waals surface area contributed by atoms with E-state index < -0.39 is 0 Å². The van der Waals surface area contributed by atoms with Crippen LogP contribution >= 0.6 is 12.6 Å². The molecule has 1 fully saturated rings. The van der Waals surface area contributed by atoms with Crippen molar-refractivity contribution < 1.29 is 5.11 Å². The molecule has 1 N–H and O–H groups in total. The lowest BCUT2D eigenvalue weighted by Gasteiger charge is -2.18. The first-order valence-electron chi connectivity index (χ1n) is 3.77. The molecule has 60 valence electrons. The van der Waals surface area contributed by atoms with Gasteiger partial charge in [0.2, 0.25) is 0 Å². The van der Waals surface area contributed by atoms with Gasteiger partial charge in [-0.3, -0.25) is 4.90 Å². The number of hydrogen-bond donors (Lipinski definition) is 2. The minimum atomic E-state index is -0.102. The van der Waals surface area contributed by atoms with E-state index in [9.17, 15) is 5.11 Å². The molecule has 0 bridgehead atoms. The number of β-amino-alcohol motifs (C(OH)–C–C–N with tert-alkyl or cyclic N) is 1. The van der Waals surface area contributed by atoms with Crippen LogP contribution in [0, 0.1) is 0 Å². The minimum Gasteiger partial charge on any atom is -0.392 e. The number of hydrogen-bond acceptors (Lipinski definition) is 3. The first kappa shape index (κ1) is 8.37. The Morgan fingerprint density at radius 2 is 2.40 bits per heavy atom. The molecule has 0 saturated carbocycles. The van der Waals surface area contributed by atoms with Crippen molar-refractivity contribution in [2.24, 2.45) is 0 Å². The van der Waals surface area contributed by atoms with Crippen LogP contribution in [0.5, 0.6) is 0 Å². The lowest BCUT2D eigenvalue weighted by atomic mass is 10.2. The summed E-state index contributed by atoms with van der Waals surface area (Å²) in [7, 11) is 0. The molecule has 0 spiro atoms. The Kier molecular flexibility index (Phi) is 3.01. The standard InChI is InChI=1S/C7H15NOS/c1-6-4-7(9)5-8(6)2-3-10/h6-7,9-10H,2-5H2,1H3. The maximum absolute atomic E-state index is 9.23. The number of rotatable bonds is 2. The summed E-state index contributed by atoms with van der Waals surface area (Å²) < 4.78 is 0. The monoisotopic (exact) mass is 161 g/mol. The molecule has 0 aromatic rings. The topological polar surface area (TPSA) is 23.5 Å². The predicted octanol–water partition coefficient (Wildman–Crippen LogP) is 0.371. The van der Waals surface area contributed by atoms with Crippen LogP contribution in [0.4, 0.5) is 0 Å². The molecule has 0 aliphatic carbocycles. The summed E-state index contributed by atoms with van der Waals surface area (Å²) in [6.45, 7) is 3.99. The minimum absolute atomic E-state index is 0.102. The van der Waals surface area contributed by atoms with Gasteiger partial charge in [-0.2, -0.15) is 12.6 Å². The molecule has 2 unspecified atom stereocenters. The van der Waals surface area contributed by atoms with Gasteiger partial charge in [0, 0.05) is 24.9 Å². The number of thiol groups is 1. The van der Waals surface area contributed by atoms with Crippen LogP contribution in [-0.2, 0) is 0 Å². The van der Waals surface area contributed by atoms with Gasteiger partial charge in [-0.1, -0.05) is 0 Å². The van der Waals surface area contributed by atoms with Crippen LogP contribution in [0.25, 0.3) is 0 Å². The molecule has 1 aliphatic heterocycles. The molecule has 2 atom stereocenters. The second-order valence-corrected chi connectivity index (χ2v) is 3.40. The van der Waals surface area contributed by atoms with Gasteiger partial charge in [0.15, 0.2) is 0 Å². The predicted molar refractivity (Wildman–Crippen MR) is 45.5 cm³/mol. The van der Waals surface area contributed by atoms with Crippen molar-refractivity contribution >= 4 is 12.6 Å². The molecular weight excluding hydrogens is 146 g/mol. The SMILES string of the molecule is CC1CC(O)CN1CCS. The summed E-state index contributed by atoms with van der Waals surface area (Å²) in [5.41, 5.74) is 0. The van der Waals surface area contributed by atoms with E-state index in [0.717, 1.165) is 25.3 Å². The van der Waals surface area contributed by atoms with Crippen molar-refractivity contribution in [1.29, 1.82) is 0 Å². The molecule has 0 radical (unpaired) electrons. The summed E-state index contributed by atoms with van der Waals surface area (Å²) in [6.07, 6.45) is 0.822. The zero-order chi connectivity index (χ0) is 7.56. The number of nitrogens with zero attached hydrogens (tertiary/aromatic N) is 1. The average molecular weight is 161 g/mol. The van der Waals surface area contributed by atoms with Gasteiger partial charge in [-0.05, 0) is 13.3 Å². The Bertz CT molecular complexity index is 110. The van der Waals surface area contributed by atoms with E-state index in [1.165, 1.54) is 0 Å². The van der Waals surface area contributed by atoms with Gasteiger partial charge in [-0.25, -0.2) is 0 Å². The average Bonchev–Trinajstić information content (AvgIpc) is 2.13. The van der Waals surface area contributed by atoms with Crippen LogP contribution in [0.15, 0.2) is 0 Å². The first-order valence-corrected chi connectivity index (χ1v) is 4.40. The highest BCUT2D eigenvalue weighted by Gasteiger charge is 2.26. The maximum atomic E-state index is 9.23. The van der Waals surface area contributed by atoms with Crippen LogP contribution in [0.2, 0.25) is 0 Å². The van der Waals surface area contributed by atoms with Crippen LogP contribution in [-0.4, -0.2) is 41.0 Å². The number of aliphatic hydroxyl groups is 1. The fourth-order valence-corrected chi connectivity index (χ4v) is 1.77. The maximum Gasteiger partial charge on any atom is 0.0682 e. The number of likely N-dealkylation sites (tertiary alicyclic amines) is 1. The van der Waals surface area contributed by atoms with Gasteiger partial charge < -0.3 is 5.11 Å². The van der Waals surface area contributed by atoms with E-state index in [-0.39, 0.29) is 6.10 Å². The highest BCUT2D eigenvalue weighted by molar-refractivity contribution is 7.80. The number of aliphatic hydroxyl groups excluding tert-OH is 1. The summed E-state index contributed by atoms with van der Waals surface area (Å²) in [4.78, 5) is 2.28. The fourth-order valence-electron chi connectivity index (χ4n) is 1.51. The zero-order valence-corrected chi connectivity index (χ0v) is 7.22. The molecule has 3 heteroatoms. The largest absolute Gasteiger partial charge is 0.392 e. The van der Waals surface area contributed by atoms with E-state index in [1.807, 2.05) is 0 Å². The molecule has 1 aliphatic rings. The molecule has 0 aromatic heterocycles. The lowest BCUT2D eigenvalue weighted by molar-refractivity contribution is 0.178. The third-order valence-electron chi connectivity index (χ3n) is 2.07. The van der Waals surface area contributed by atoms with E-state index in [1.54, 1.807) is 0 Å². The van der Waals surface area contributed by atoms with Crippen molar-refractivity contribution in [1.82, 2.24) is 4.90 Å². The molecule has 0 aromatic carbocycles. The quantitative estimate of drug-likeness (QED) is 0.572. The molecule has 1 rings (SSSR count). The fraction of sp³-hybridized carbons (Fsp3) is 1.00. The molecule has 1 heterocycles. The van der Waals surface area contributed by atoms with Gasteiger partial charge >= 0.3 is 0 Å². The smallest absolute Gasteiger partial charge is 0.0682 e. The highest BCUT2D eigenvalue weighted by atomic mass is 32.1. The Morgan fingerprint density at radius 3 is 2.80 bits per heavy atom. The third-order valence-corrected chi connectivity index (χ3v) is 2.27. The van der Waals surface area contributed by atoms with Gasteiger partial charge in [0.05, 0.1) is 6.10 Å².